The molecule has 5 heteroatoms. The van der Waals surface area contributed by atoms with Gasteiger partial charge in [0, 0.05) is 0 Å². The quantitative estimate of drug-likeness (QED) is 0.572. The normalized spacial score (nSPS) is 12.1. The molecule has 0 bridgehead atoms. The van der Waals surface area contributed by atoms with Crippen LogP contribution in [0.15, 0.2) is 0 Å². The molecule has 0 atom stereocenters. The number of imidazole rings is 1. The van der Waals surface area contributed by atoms with E-state index >= 15 is 0 Å². The van der Waals surface area contributed by atoms with E-state index in [2.05, 4.69) is 30.7 Å². The maximum absolute atomic E-state index is 13.4. The van der Waals surface area contributed by atoms with Gasteiger partial charge in [-0.15, -0.1) is 0 Å². The Labute approximate surface area is 125 Å². The summed E-state index contributed by atoms with van der Waals surface area (Å²) in [7, 11) is 0. The van der Waals surface area contributed by atoms with Crippen molar-refractivity contribution >= 4 is 22.2 Å². The number of hydrogen-bond acceptors (Lipinski definition) is 1. The molecule has 1 rings (SSSR count). The van der Waals surface area contributed by atoms with E-state index in [1.54, 1.807) is 0 Å². The first-order valence-electron chi connectivity index (χ1n) is 8.01. The fraction of sp³-hybridized carbons (Fsp3) is 0.800. The van der Waals surface area contributed by atoms with E-state index in [4.69, 9.17) is 0 Å². The fourth-order valence-corrected chi connectivity index (χ4v) is 17.9. The van der Waals surface area contributed by atoms with Crippen LogP contribution in [0.4, 0.5) is 8.78 Å². The van der Waals surface area contributed by atoms with E-state index in [9.17, 15) is 8.78 Å². The van der Waals surface area contributed by atoms with Crippen molar-refractivity contribution in [1.29, 1.82) is 0 Å². The van der Waals surface area contributed by atoms with Gasteiger partial charge in [0.05, 0.1) is 0 Å². The summed E-state index contributed by atoms with van der Waals surface area (Å²) in [5.41, 5.74) is 0. The van der Waals surface area contributed by atoms with Gasteiger partial charge in [-0.05, 0) is 0 Å². The standard InChI is InChI=1S/3C4H9.C3HF2N2.Sn/c3*1-3-4-2;4-2-3(5)7-1-6-2;/h3*1,3-4H2,2H3;(H,6,7);. The van der Waals surface area contributed by atoms with Crippen LogP contribution in [0.1, 0.15) is 59.3 Å². The summed E-state index contributed by atoms with van der Waals surface area (Å²) >= 11 is -2.76. The molecule has 2 nitrogen and oxygen atoms in total. The van der Waals surface area contributed by atoms with Gasteiger partial charge in [0.2, 0.25) is 0 Å². The molecule has 0 aliphatic heterocycles. The Kier molecular flexibility index (Phi) is 8.07. The molecular weight excluding hydrogens is 365 g/mol. The second-order valence-electron chi connectivity index (χ2n) is 5.78. The third kappa shape index (κ3) is 4.71. The fourth-order valence-electron chi connectivity index (χ4n) is 2.86. The van der Waals surface area contributed by atoms with Crippen LogP contribution in [0, 0.1) is 11.9 Å². The SMILES string of the molecule is CCC[CH2][Sn]([CH2]CCC)([CH2]CCC)[c]1nc(F)c(F)[nH]1. The Morgan fingerprint density at radius 2 is 1.35 bits per heavy atom. The average Bonchev–Trinajstić information content (AvgIpc) is 2.79. The third-order valence-corrected chi connectivity index (χ3v) is 18.9. The number of nitrogens with one attached hydrogen (secondary N) is 1. The van der Waals surface area contributed by atoms with Crippen molar-refractivity contribution < 1.29 is 8.78 Å². The van der Waals surface area contributed by atoms with Crippen molar-refractivity contribution in [2.45, 2.75) is 72.6 Å². The minimum atomic E-state index is -2.76. The summed E-state index contributed by atoms with van der Waals surface area (Å²) in [6.07, 6.45) is 6.90. The van der Waals surface area contributed by atoms with Crippen LogP contribution in [0.3, 0.4) is 0 Å². The number of unbranched alkanes of at least 4 members (excludes halogenated alkanes) is 3. The predicted octanol–water partition coefficient (Wildman–Crippen LogP) is 4.74. The zero-order chi connectivity index (χ0) is 15.0. The maximum atomic E-state index is 13.4. The third-order valence-electron chi connectivity index (χ3n) is 4.15. The van der Waals surface area contributed by atoms with Crippen LogP contribution in [-0.4, -0.2) is 28.3 Å². The molecule has 0 radical (unpaired) electrons. The molecule has 116 valence electrons. The van der Waals surface area contributed by atoms with Gasteiger partial charge in [0.25, 0.3) is 0 Å². The van der Waals surface area contributed by atoms with Gasteiger partial charge < -0.3 is 0 Å². The van der Waals surface area contributed by atoms with Crippen molar-refractivity contribution in [3.05, 3.63) is 11.9 Å². The summed E-state index contributed by atoms with van der Waals surface area (Å²) in [4.78, 5) is 6.59. The van der Waals surface area contributed by atoms with E-state index < -0.39 is 30.3 Å². The molecule has 0 amide bonds. The number of hydrogen-bond donors (Lipinski definition) is 1. The van der Waals surface area contributed by atoms with Gasteiger partial charge in [-0.25, -0.2) is 0 Å². The molecule has 0 aliphatic carbocycles. The van der Waals surface area contributed by atoms with E-state index in [0.29, 0.717) is 0 Å². The number of aromatic nitrogens is 2. The van der Waals surface area contributed by atoms with Gasteiger partial charge in [-0.3, -0.25) is 0 Å². The zero-order valence-corrected chi connectivity index (χ0v) is 15.9. The first-order valence-corrected chi connectivity index (χ1v) is 15.5. The van der Waals surface area contributed by atoms with Gasteiger partial charge in [0.15, 0.2) is 0 Å². The second-order valence-corrected chi connectivity index (χ2v) is 18.7. The van der Waals surface area contributed by atoms with E-state index in [1.165, 1.54) is 0 Å². The molecular formula is C15H28F2N2Sn. The molecule has 1 N–H and O–H groups in total. The summed E-state index contributed by atoms with van der Waals surface area (Å²) in [5.74, 6) is -1.81. The first-order chi connectivity index (χ1) is 9.59. The average molecular weight is 393 g/mol. The van der Waals surface area contributed by atoms with E-state index in [1.807, 2.05) is 0 Å². The molecule has 0 spiro atoms. The van der Waals surface area contributed by atoms with Crippen LogP contribution in [0.2, 0.25) is 13.3 Å². The Hall–Kier alpha value is -0.131. The molecule has 1 aromatic rings. The first kappa shape index (κ1) is 17.9. The Balaban J connectivity index is 3.04. The number of halogens is 2. The Morgan fingerprint density at radius 3 is 1.65 bits per heavy atom. The predicted molar refractivity (Wildman–Crippen MR) is 83.0 cm³/mol. The topological polar surface area (TPSA) is 28.7 Å². The summed E-state index contributed by atoms with van der Waals surface area (Å²) in [5, 5.41) is 0. The molecule has 0 unspecified atom stereocenters. The number of aromatic amines is 1. The summed E-state index contributed by atoms with van der Waals surface area (Å²) in [6, 6.07) is 0. The molecule has 1 aromatic heterocycles. The van der Waals surface area contributed by atoms with Crippen LogP contribution in [0.25, 0.3) is 0 Å². The van der Waals surface area contributed by atoms with Gasteiger partial charge in [0.1, 0.15) is 0 Å². The van der Waals surface area contributed by atoms with Crippen molar-refractivity contribution in [3.8, 4) is 0 Å². The zero-order valence-electron chi connectivity index (χ0n) is 13.1. The Morgan fingerprint density at radius 1 is 0.900 bits per heavy atom. The van der Waals surface area contributed by atoms with Crippen molar-refractivity contribution in [1.82, 2.24) is 9.97 Å². The molecule has 20 heavy (non-hydrogen) atoms. The van der Waals surface area contributed by atoms with Crippen LogP contribution < -0.4 is 3.84 Å². The van der Waals surface area contributed by atoms with Gasteiger partial charge in [-0.2, -0.15) is 0 Å². The monoisotopic (exact) mass is 394 g/mol. The molecule has 0 fully saturated rings. The van der Waals surface area contributed by atoms with Crippen molar-refractivity contribution in [3.63, 3.8) is 0 Å². The second kappa shape index (κ2) is 9.00. The molecule has 0 saturated heterocycles. The number of H-pyrrole nitrogens is 1. The number of nitrogens with zero attached hydrogens (tertiary/aromatic N) is 1. The van der Waals surface area contributed by atoms with E-state index in [0.717, 1.165) is 55.7 Å². The van der Waals surface area contributed by atoms with Crippen molar-refractivity contribution in [2.75, 3.05) is 0 Å². The minimum absolute atomic E-state index is 0.727. The van der Waals surface area contributed by atoms with Gasteiger partial charge >= 0.3 is 125 Å². The molecule has 1 heterocycles. The van der Waals surface area contributed by atoms with Crippen LogP contribution in [-0.2, 0) is 0 Å². The molecule has 0 saturated carbocycles. The van der Waals surface area contributed by atoms with E-state index in [-0.39, 0.29) is 0 Å². The van der Waals surface area contributed by atoms with Crippen LogP contribution >= 0.6 is 0 Å². The molecule has 0 aliphatic rings. The summed E-state index contributed by atoms with van der Waals surface area (Å²) in [6.45, 7) is 6.54. The van der Waals surface area contributed by atoms with Crippen LogP contribution in [0.5, 0.6) is 0 Å². The van der Waals surface area contributed by atoms with Crippen molar-refractivity contribution in [2.24, 2.45) is 0 Å². The van der Waals surface area contributed by atoms with Gasteiger partial charge in [-0.1, -0.05) is 0 Å². The number of rotatable bonds is 10. The Bertz CT molecular complexity index is 352. The summed E-state index contributed by atoms with van der Waals surface area (Å²) < 4.78 is 30.9. The molecule has 0 aromatic carbocycles.